The number of likely N-dealkylation sites (tertiary alicyclic amines) is 1. The Morgan fingerprint density at radius 1 is 1.16 bits per heavy atom. The molecule has 1 saturated heterocycles. The number of aromatic amines is 1. The zero-order valence-corrected chi connectivity index (χ0v) is 18.3. The lowest BCUT2D eigenvalue weighted by Crippen LogP contribution is -2.38. The maximum Gasteiger partial charge on any atom is 0.274 e. The van der Waals surface area contributed by atoms with Crippen molar-refractivity contribution < 1.29 is 9.32 Å². The summed E-state index contributed by atoms with van der Waals surface area (Å²) >= 11 is 1.64. The van der Waals surface area contributed by atoms with E-state index in [1.807, 2.05) is 37.3 Å². The van der Waals surface area contributed by atoms with Crippen molar-refractivity contribution in [3.8, 4) is 22.5 Å². The molecule has 0 unspecified atom stereocenters. The SMILES string of the molecule is Cc1onc(-c2ccccc2)c1-c1csc(C2CCN(C(=O)c3ccc(=O)[nH]n3)CC2)n1. The summed E-state index contributed by atoms with van der Waals surface area (Å²) in [6.07, 6.45) is 1.66. The summed E-state index contributed by atoms with van der Waals surface area (Å²) in [5, 5.41) is 13.6. The van der Waals surface area contributed by atoms with Crippen molar-refractivity contribution in [3.05, 3.63) is 74.7 Å². The molecule has 0 atom stereocenters. The number of aromatic nitrogens is 4. The van der Waals surface area contributed by atoms with Crippen LogP contribution in [0.2, 0.25) is 0 Å². The van der Waals surface area contributed by atoms with E-state index < -0.39 is 0 Å². The zero-order valence-electron chi connectivity index (χ0n) is 17.4. The molecular formula is C23H21N5O3S. The molecule has 1 fully saturated rings. The van der Waals surface area contributed by atoms with E-state index in [-0.39, 0.29) is 17.2 Å². The average Bonchev–Trinajstić information content (AvgIpc) is 3.46. The molecular weight excluding hydrogens is 426 g/mol. The Balaban J connectivity index is 1.31. The van der Waals surface area contributed by atoms with Crippen LogP contribution in [0.4, 0.5) is 0 Å². The van der Waals surface area contributed by atoms with Crippen molar-refractivity contribution in [2.45, 2.75) is 25.7 Å². The van der Waals surface area contributed by atoms with Gasteiger partial charge in [-0.15, -0.1) is 11.3 Å². The van der Waals surface area contributed by atoms with E-state index in [9.17, 15) is 9.59 Å². The third kappa shape index (κ3) is 3.87. The lowest BCUT2D eigenvalue weighted by molar-refractivity contribution is 0.0705. The van der Waals surface area contributed by atoms with E-state index in [4.69, 9.17) is 9.51 Å². The molecule has 1 aromatic carbocycles. The van der Waals surface area contributed by atoms with Gasteiger partial charge in [-0.3, -0.25) is 9.59 Å². The third-order valence-electron chi connectivity index (χ3n) is 5.72. The van der Waals surface area contributed by atoms with Crippen molar-refractivity contribution in [2.24, 2.45) is 0 Å². The highest BCUT2D eigenvalue weighted by molar-refractivity contribution is 7.10. The Morgan fingerprint density at radius 2 is 1.94 bits per heavy atom. The Kier molecular flexibility index (Phi) is 5.40. The number of benzene rings is 1. The highest BCUT2D eigenvalue weighted by Crippen LogP contribution is 2.38. The molecule has 4 aromatic rings. The average molecular weight is 448 g/mol. The monoisotopic (exact) mass is 447 g/mol. The molecule has 32 heavy (non-hydrogen) atoms. The second-order valence-electron chi connectivity index (χ2n) is 7.77. The van der Waals surface area contributed by atoms with Gasteiger partial charge in [0.1, 0.15) is 17.1 Å². The Bertz CT molecular complexity index is 1280. The van der Waals surface area contributed by atoms with E-state index in [1.165, 1.54) is 12.1 Å². The summed E-state index contributed by atoms with van der Waals surface area (Å²) in [5.74, 6) is 0.878. The fourth-order valence-corrected chi connectivity index (χ4v) is 4.99. The first-order chi connectivity index (χ1) is 15.6. The van der Waals surface area contributed by atoms with Crippen molar-refractivity contribution in [1.29, 1.82) is 0 Å². The van der Waals surface area contributed by atoms with Crippen LogP contribution in [-0.2, 0) is 0 Å². The predicted molar refractivity (Wildman–Crippen MR) is 121 cm³/mol. The van der Waals surface area contributed by atoms with Gasteiger partial charge in [-0.1, -0.05) is 35.5 Å². The maximum atomic E-state index is 12.6. The minimum absolute atomic E-state index is 0.160. The van der Waals surface area contributed by atoms with Crippen LogP contribution >= 0.6 is 11.3 Å². The molecule has 162 valence electrons. The number of thiazole rings is 1. The standard InChI is InChI=1S/C23H21N5O3S/c1-14-20(21(27-31-14)15-5-3-2-4-6-15)18-13-32-22(24-18)16-9-11-28(12-10-16)23(30)17-7-8-19(29)26-25-17/h2-8,13,16H,9-12H2,1H3,(H,26,29). The molecule has 3 aromatic heterocycles. The van der Waals surface area contributed by atoms with E-state index >= 15 is 0 Å². The molecule has 4 heterocycles. The minimum Gasteiger partial charge on any atom is -0.360 e. The highest BCUT2D eigenvalue weighted by atomic mass is 32.1. The van der Waals surface area contributed by atoms with Crippen molar-refractivity contribution in [2.75, 3.05) is 13.1 Å². The topological polar surface area (TPSA) is 105 Å². The summed E-state index contributed by atoms with van der Waals surface area (Å²) in [6.45, 7) is 3.16. The van der Waals surface area contributed by atoms with Gasteiger partial charge in [0.25, 0.3) is 11.5 Å². The molecule has 8 nitrogen and oxygen atoms in total. The largest absolute Gasteiger partial charge is 0.360 e. The fraction of sp³-hybridized carbons (Fsp3) is 0.261. The number of nitrogens with zero attached hydrogens (tertiary/aromatic N) is 4. The smallest absolute Gasteiger partial charge is 0.274 e. The van der Waals surface area contributed by atoms with E-state index in [0.29, 0.717) is 19.0 Å². The summed E-state index contributed by atoms with van der Waals surface area (Å²) in [7, 11) is 0. The highest BCUT2D eigenvalue weighted by Gasteiger charge is 2.28. The number of amides is 1. The number of hydrogen-bond donors (Lipinski definition) is 1. The van der Waals surface area contributed by atoms with Crippen LogP contribution in [0.1, 0.15) is 40.0 Å². The molecule has 0 spiro atoms. The molecule has 0 saturated carbocycles. The van der Waals surface area contributed by atoms with Gasteiger partial charge in [-0.05, 0) is 25.8 Å². The first-order valence-electron chi connectivity index (χ1n) is 10.4. The second kappa shape index (κ2) is 8.51. The Hall–Kier alpha value is -3.59. The Morgan fingerprint density at radius 3 is 2.66 bits per heavy atom. The summed E-state index contributed by atoms with van der Waals surface area (Å²) < 4.78 is 5.49. The molecule has 1 amide bonds. The molecule has 1 aliphatic heterocycles. The van der Waals surface area contributed by atoms with Crippen LogP contribution in [0.15, 0.2) is 57.2 Å². The number of carbonyl (C=O) groups excluding carboxylic acids is 1. The third-order valence-corrected chi connectivity index (χ3v) is 6.72. The number of piperidine rings is 1. The number of hydrogen-bond acceptors (Lipinski definition) is 7. The second-order valence-corrected chi connectivity index (χ2v) is 8.66. The maximum absolute atomic E-state index is 12.6. The Labute approximate surface area is 187 Å². The number of nitrogens with one attached hydrogen (secondary N) is 1. The molecule has 5 rings (SSSR count). The van der Waals surface area contributed by atoms with Gasteiger partial charge < -0.3 is 9.42 Å². The molecule has 0 radical (unpaired) electrons. The van der Waals surface area contributed by atoms with Crippen LogP contribution < -0.4 is 5.56 Å². The quantitative estimate of drug-likeness (QED) is 0.509. The van der Waals surface area contributed by atoms with Crippen molar-refractivity contribution in [1.82, 2.24) is 25.2 Å². The van der Waals surface area contributed by atoms with E-state index in [0.717, 1.165) is 46.1 Å². The number of carbonyl (C=O) groups is 1. The first-order valence-corrected chi connectivity index (χ1v) is 11.3. The van der Waals surface area contributed by atoms with E-state index in [2.05, 4.69) is 20.7 Å². The normalized spacial score (nSPS) is 14.6. The van der Waals surface area contributed by atoms with Crippen LogP contribution in [0.25, 0.3) is 22.5 Å². The summed E-state index contributed by atoms with van der Waals surface area (Å²) in [6, 6.07) is 12.7. The van der Waals surface area contributed by atoms with E-state index in [1.54, 1.807) is 16.2 Å². The van der Waals surface area contributed by atoms with Gasteiger partial charge in [-0.2, -0.15) is 5.10 Å². The van der Waals surface area contributed by atoms with Gasteiger partial charge in [0.15, 0.2) is 0 Å². The summed E-state index contributed by atoms with van der Waals surface area (Å²) in [4.78, 5) is 30.5. The number of aryl methyl sites for hydroxylation is 1. The van der Waals surface area contributed by atoms with Gasteiger partial charge in [0, 0.05) is 36.0 Å². The van der Waals surface area contributed by atoms with Crippen molar-refractivity contribution in [3.63, 3.8) is 0 Å². The van der Waals surface area contributed by atoms with Gasteiger partial charge >= 0.3 is 0 Å². The molecule has 0 bridgehead atoms. The molecule has 1 aliphatic rings. The fourth-order valence-electron chi connectivity index (χ4n) is 4.01. The molecule has 0 aliphatic carbocycles. The van der Waals surface area contributed by atoms with Crippen LogP contribution in [0, 0.1) is 6.92 Å². The zero-order chi connectivity index (χ0) is 22.1. The number of rotatable bonds is 4. The van der Waals surface area contributed by atoms with Crippen molar-refractivity contribution >= 4 is 17.2 Å². The van der Waals surface area contributed by atoms with Crippen LogP contribution in [0.3, 0.4) is 0 Å². The van der Waals surface area contributed by atoms with Gasteiger partial charge in [0.05, 0.1) is 16.3 Å². The molecule has 9 heteroatoms. The molecule has 1 N–H and O–H groups in total. The van der Waals surface area contributed by atoms with Crippen LogP contribution in [0.5, 0.6) is 0 Å². The van der Waals surface area contributed by atoms with Gasteiger partial charge in [0.2, 0.25) is 0 Å². The predicted octanol–water partition coefficient (Wildman–Crippen LogP) is 3.88. The first kappa shape index (κ1) is 20.3. The number of H-pyrrole nitrogens is 1. The lowest BCUT2D eigenvalue weighted by atomic mass is 9.97. The van der Waals surface area contributed by atoms with Crippen LogP contribution in [-0.4, -0.2) is 44.2 Å². The summed E-state index contributed by atoms with van der Waals surface area (Å²) in [5.41, 5.74) is 3.54. The minimum atomic E-state index is -0.321. The lowest BCUT2D eigenvalue weighted by Gasteiger charge is -2.30. The van der Waals surface area contributed by atoms with Gasteiger partial charge in [-0.25, -0.2) is 10.1 Å².